The van der Waals surface area contributed by atoms with Crippen molar-refractivity contribution in [2.24, 2.45) is 5.73 Å². The minimum absolute atomic E-state index is 0.0154. The molecule has 6 heteroatoms. The number of hydrogen-bond donors (Lipinski definition) is 3. The van der Waals surface area contributed by atoms with Crippen LogP contribution in [-0.4, -0.2) is 34.1 Å². The lowest BCUT2D eigenvalue weighted by Gasteiger charge is -2.20. The minimum Gasteiger partial charge on any atom is -0.507 e. The molecule has 2 aromatic carbocycles. The molecule has 0 atom stereocenters. The van der Waals surface area contributed by atoms with Gasteiger partial charge in [-0.15, -0.1) is 0 Å². The molecule has 2 aromatic rings. The molecule has 4 N–H and O–H groups in total. The number of hydrogen-bond acceptors (Lipinski definition) is 6. The zero-order valence-corrected chi connectivity index (χ0v) is 14.1. The molecule has 0 saturated heterocycles. The number of rotatable bonds is 6. The van der Waals surface area contributed by atoms with Crippen LogP contribution in [0, 0.1) is 0 Å². The van der Waals surface area contributed by atoms with Crippen LogP contribution in [0.15, 0.2) is 30.3 Å². The van der Waals surface area contributed by atoms with Gasteiger partial charge >= 0.3 is 0 Å². The maximum atomic E-state index is 12.7. The normalized spacial score (nSPS) is 12.7. The number of fused-ring (bicyclic) bond motifs is 2. The summed E-state index contributed by atoms with van der Waals surface area (Å²) in [5.74, 6) is -2.08. The van der Waals surface area contributed by atoms with Crippen molar-refractivity contribution >= 4 is 17.3 Å². The standard InChI is InChI=1S/C20H19NO5/c21-8-3-1-2-6-14(22)11-9-13-18(16(24)10-11)20(26)17-12(19(13)25)5-4-7-15(17)23/h4-5,7,9-10,23-24H,1-3,6,8,21H2. The summed E-state index contributed by atoms with van der Waals surface area (Å²) in [7, 11) is 0. The molecule has 0 radical (unpaired) electrons. The molecule has 134 valence electrons. The van der Waals surface area contributed by atoms with E-state index in [1.165, 1.54) is 30.3 Å². The summed E-state index contributed by atoms with van der Waals surface area (Å²) in [6.45, 7) is 0.566. The van der Waals surface area contributed by atoms with Crippen molar-refractivity contribution in [2.75, 3.05) is 6.54 Å². The zero-order valence-electron chi connectivity index (χ0n) is 14.1. The van der Waals surface area contributed by atoms with E-state index in [-0.39, 0.29) is 45.8 Å². The highest BCUT2D eigenvalue weighted by atomic mass is 16.3. The van der Waals surface area contributed by atoms with Crippen molar-refractivity contribution in [3.05, 3.63) is 58.1 Å². The molecule has 0 heterocycles. The first-order valence-corrected chi connectivity index (χ1v) is 8.47. The monoisotopic (exact) mass is 353 g/mol. The number of carbonyl (C=O) groups is 3. The van der Waals surface area contributed by atoms with E-state index in [0.717, 1.165) is 12.8 Å². The van der Waals surface area contributed by atoms with Crippen molar-refractivity contribution < 1.29 is 24.6 Å². The molecular weight excluding hydrogens is 334 g/mol. The van der Waals surface area contributed by atoms with Crippen LogP contribution >= 0.6 is 0 Å². The highest BCUT2D eigenvalue weighted by molar-refractivity contribution is 6.30. The van der Waals surface area contributed by atoms with E-state index in [0.29, 0.717) is 13.0 Å². The minimum atomic E-state index is -0.632. The quantitative estimate of drug-likeness (QED) is 0.463. The van der Waals surface area contributed by atoms with Gasteiger partial charge in [0.25, 0.3) is 0 Å². The van der Waals surface area contributed by atoms with Crippen LogP contribution in [0.3, 0.4) is 0 Å². The molecule has 1 aliphatic carbocycles. The summed E-state index contributed by atoms with van der Waals surface area (Å²) in [4.78, 5) is 37.7. The second kappa shape index (κ2) is 7.09. The number of aromatic hydroxyl groups is 2. The number of phenolic OH excluding ortho intramolecular Hbond substituents is 2. The highest BCUT2D eigenvalue weighted by Crippen LogP contribution is 2.37. The van der Waals surface area contributed by atoms with E-state index in [1.54, 1.807) is 0 Å². The molecule has 0 aromatic heterocycles. The SMILES string of the molecule is NCCCCCC(=O)c1cc(O)c2c(c1)C(=O)c1cccc(O)c1C2=O. The molecule has 0 aliphatic heterocycles. The second-order valence-corrected chi connectivity index (χ2v) is 6.30. The van der Waals surface area contributed by atoms with Gasteiger partial charge in [0, 0.05) is 23.1 Å². The van der Waals surface area contributed by atoms with Crippen LogP contribution in [0.4, 0.5) is 0 Å². The largest absolute Gasteiger partial charge is 0.507 e. The van der Waals surface area contributed by atoms with E-state index in [9.17, 15) is 24.6 Å². The fraction of sp³-hybridized carbons (Fsp3) is 0.250. The van der Waals surface area contributed by atoms with Gasteiger partial charge in [0.2, 0.25) is 5.78 Å². The van der Waals surface area contributed by atoms with Gasteiger partial charge in [-0.25, -0.2) is 0 Å². The van der Waals surface area contributed by atoms with Crippen molar-refractivity contribution in [3.63, 3.8) is 0 Å². The molecule has 0 fully saturated rings. The summed E-state index contributed by atoms with van der Waals surface area (Å²) in [6.07, 6.45) is 2.59. The Morgan fingerprint density at radius 3 is 2.35 bits per heavy atom. The first-order valence-electron chi connectivity index (χ1n) is 8.47. The number of Topliss-reactive ketones (excluding diaryl/α,β-unsaturated/α-hetero) is 1. The predicted octanol–water partition coefficient (Wildman–Crippen LogP) is 2.58. The summed E-state index contributed by atoms with van der Waals surface area (Å²) in [5, 5.41) is 20.2. The van der Waals surface area contributed by atoms with Crippen molar-refractivity contribution in [2.45, 2.75) is 25.7 Å². The van der Waals surface area contributed by atoms with Crippen LogP contribution in [0.25, 0.3) is 0 Å². The number of phenols is 2. The lowest BCUT2D eigenvalue weighted by atomic mass is 9.82. The molecule has 3 rings (SSSR count). The molecular formula is C20H19NO5. The van der Waals surface area contributed by atoms with E-state index < -0.39 is 17.3 Å². The van der Waals surface area contributed by atoms with Crippen molar-refractivity contribution in [1.82, 2.24) is 0 Å². The third-order valence-electron chi connectivity index (χ3n) is 4.53. The Kier molecular flexibility index (Phi) is 4.86. The topological polar surface area (TPSA) is 118 Å². The fourth-order valence-corrected chi connectivity index (χ4v) is 3.19. The summed E-state index contributed by atoms with van der Waals surface area (Å²) in [6, 6.07) is 6.78. The lowest BCUT2D eigenvalue weighted by molar-refractivity contribution is 0.0967. The van der Waals surface area contributed by atoms with Crippen molar-refractivity contribution in [1.29, 1.82) is 0 Å². The number of benzene rings is 2. The Morgan fingerprint density at radius 2 is 1.62 bits per heavy atom. The van der Waals surface area contributed by atoms with Gasteiger partial charge in [0.1, 0.15) is 11.5 Å². The number of carbonyl (C=O) groups excluding carboxylic acids is 3. The van der Waals surface area contributed by atoms with Gasteiger partial charge in [0.05, 0.1) is 11.1 Å². The number of ketones is 3. The van der Waals surface area contributed by atoms with E-state index in [1.807, 2.05) is 0 Å². The van der Waals surface area contributed by atoms with Crippen LogP contribution in [0.5, 0.6) is 11.5 Å². The predicted molar refractivity (Wildman–Crippen MR) is 94.9 cm³/mol. The van der Waals surface area contributed by atoms with E-state index in [4.69, 9.17) is 5.73 Å². The first kappa shape index (κ1) is 17.8. The first-order chi connectivity index (χ1) is 12.5. The summed E-state index contributed by atoms with van der Waals surface area (Å²) < 4.78 is 0. The number of unbranched alkanes of at least 4 members (excludes halogenated alkanes) is 2. The smallest absolute Gasteiger partial charge is 0.201 e. The second-order valence-electron chi connectivity index (χ2n) is 6.30. The molecule has 0 saturated carbocycles. The van der Waals surface area contributed by atoms with Gasteiger partial charge in [0.15, 0.2) is 11.6 Å². The Morgan fingerprint density at radius 1 is 0.885 bits per heavy atom. The Bertz CT molecular complexity index is 917. The third kappa shape index (κ3) is 2.99. The van der Waals surface area contributed by atoms with E-state index in [2.05, 4.69) is 0 Å². The lowest BCUT2D eigenvalue weighted by Crippen LogP contribution is -2.22. The molecule has 26 heavy (non-hydrogen) atoms. The molecule has 0 spiro atoms. The van der Waals surface area contributed by atoms with Crippen LogP contribution in [0.1, 0.15) is 67.9 Å². The van der Waals surface area contributed by atoms with E-state index >= 15 is 0 Å². The average Bonchev–Trinajstić information content (AvgIpc) is 2.62. The zero-order chi connectivity index (χ0) is 18.8. The van der Waals surface area contributed by atoms with Crippen LogP contribution < -0.4 is 5.73 Å². The van der Waals surface area contributed by atoms with Gasteiger partial charge in [-0.1, -0.05) is 18.6 Å². The summed E-state index contributed by atoms with van der Waals surface area (Å²) in [5.41, 5.74) is 5.37. The highest BCUT2D eigenvalue weighted by Gasteiger charge is 2.34. The van der Waals surface area contributed by atoms with Gasteiger partial charge in [-0.3, -0.25) is 14.4 Å². The van der Waals surface area contributed by atoms with Gasteiger partial charge in [-0.05, 0) is 37.6 Å². The average molecular weight is 353 g/mol. The maximum absolute atomic E-state index is 12.7. The Balaban J connectivity index is 1.98. The Labute approximate surface area is 150 Å². The van der Waals surface area contributed by atoms with Gasteiger partial charge in [-0.2, -0.15) is 0 Å². The molecule has 6 nitrogen and oxygen atoms in total. The van der Waals surface area contributed by atoms with Crippen LogP contribution in [-0.2, 0) is 0 Å². The molecule has 0 bridgehead atoms. The molecule has 0 amide bonds. The van der Waals surface area contributed by atoms with Gasteiger partial charge < -0.3 is 15.9 Å². The van der Waals surface area contributed by atoms with Crippen LogP contribution in [0.2, 0.25) is 0 Å². The summed E-state index contributed by atoms with van der Waals surface area (Å²) >= 11 is 0. The van der Waals surface area contributed by atoms with Crippen molar-refractivity contribution in [3.8, 4) is 11.5 Å². The molecule has 1 aliphatic rings. The fourth-order valence-electron chi connectivity index (χ4n) is 3.19. The Hall–Kier alpha value is -2.99. The number of nitrogens with two attached hydrogens (primary N) is 1. The third-order valence-corrected chi connectivity index (χ3v) is 4.53. The maximum Gasteiger partial charge on any atom is 0.201 e. The molecule has 0 unspecified atom stereocenters.